The summed E-state index contributed by atoms with van der Waals surface area (Å²) in [6, 6.07) is 6.88. The van der Waals surface area contributed by atoms with E-state index in [4.69, 9.17) is 9.15 Å². The Bertz CT molecular complexity index is 565. The number of ether oxygens (including phenoxy) is 1. The van der Waals surface area contributed by atoms with Gasteiger partial charge in [0.25, 0.3) is 0 Å². The molecular weight excluding hydrogens is 257 g/mol. The van der Waals surface area contributed by atoms with Gasteiger partial charge in [-0.2, -0.15) is 0 Å². The van der Waals surface area contributed by atoms with Crippen molar-refractivity contribution in [1.82, 2.24) is 5.32 Å². The number of furan rings is 1. The molecule has 0 aliphatic carbocycles. The van der Waals surface area contributed by atoms with E-state index in [9.17, 15) is 4.39 Å². The normalized spacial score (nSPS) is 12.4. The van der Waals surface area contributed by atoms with Crippen LogP contribution in [0.15, 0.2) is 34.9 Å². The largest absolute Gasteiger partial charge is 0.494 e. The molecule has 1 unspecified atom stereocenters. The maximum absolute atomic E-state index is 14.4. The molecule has 1 atom stereocenters. The molecule has 0 aliphatic rings. The number of hydrogen-bond donors (Lipinski definition) is 1. The van der Waals surface area contributed by atoms with E-state index < -0.39 is 0 Å². The summed E-state index contributed by atoms with van der Waals surface area (Å²) in [4.78, 5) is 0. The highest BCUT2D eigenvalue weighted by Crippen LogP contribution is 2.30. The second-order valence-corrected chi connectivity index (χ2v) is 4.74. The van der Waals surface area contributed by atoms with Crippen molar-refractivity contribution in [2.24, 2.45) is 0 Å². The van der Waals surface area contributed by atoms with Crippen LogP contribution in [0, 0.1) is 12.7 Å². The van der Waals surface area contributed by atoms with E-state index in [1.54, 1.807) is 24.5 Å². The molecule has 0 spiro atoms. The highest BCUT2D eigenvalue weighted by Gasteiger charge is 2.21. The average molecular weight is 277 g/mol. The number of nitrogens with one attached hydrogen (secondary N) is 1. The van der Waals surface area contributed by atoms with E-state index in [1.807, 2.05) is 13.0 Å². The Labute approximate surface area is 118 Å². The van der Waals surface area contributed by atoms with Gasteiger partial charge >= 0.3 is 0 Å². The molecule has 2 aromatic rings. The zero-order chi connectivity index (χ0) is 14.5. The molecule has 0 radical (unpaired) electrons. The van der Waals surface area contributed by atoms with Crippen LogP contribution in [0.3, 0.4) is 0 Å². The van der Waals surface area contributed by atoms with Gasteiger partial charge in [0.1, 0.15) is 5.76 Å². The minimum Gasteiger partial charge on any atom is -0.494 e. The Hall–Kier alpha value is -1.81. The SMILES string of the molecule is CCCNC(c1coc(C)c1)c1cccc(OC)c1F. The van der Waals surface area contributed by atoms with Gasteiger partial charge in [0.2, 0.25) is 0 Å². The number of methoxy groups -OCH3 is 1. The van der Waals surface area contributed by atoms with Crippen LogP contribution in [0.5, 0.6) is 5.75 Å². The van der Waals surface area contributed by atoms with Crippen molar-refractivity contribution in [2.45, 2.75) is 26.3 Å². The molecule has 0 bridgehead atoms. The van der Waals surface area contributed by atoms with E-state index in [0.717, 1.165) is 24.3 Å². The Morgan fingerprint density at radius 2 is 2.20 bits per heavy atom. The number of rotatable bonds is 6. The van der Waals surface area contributed by atoms with Crippen molar-refractivity contribution in [3.05, 3.63) is 53.2 Å². The molecule has 108 valence electrons. The summed E-state index contributed by atoms with van der Waals surface area (Å²) in [5.41, 5.74) is 1.49. The highest BCUT2D eigenvalue weighted by atomic mass is 19.1. The molecule has 0 amide bonds. The van der Waals surface area contributed by atoms with E-state index in [1.165, 1.54) is 7.11 Å². The van der Waals surface area contributed by atoms with Gasteiger partial charge in [-0.3, -0.25) is 0 Å². The molecule has 1 N–H and O–H groups in total. The lowest BCUT2D eigenvalue weighted by Gasteiger charge is -2.19. The first-order valence-corrected chi connectivity index (χ1v) is 6.78. The van der Waals surface area contributed by atoms with Crippen LogP contribution >= 0.6 is 0 Å². The van der Waals surface area contributed by atoms with E-state index in [2.05, 4.69) is 12.2 Å². The Balaban J connectivity index is 2.41. The van der Waals surface area contributed by atoms with Gasteiger partial charge in [-0.05, 0) is 32.0 Å². The monoisotopic (exact) mass is 277 g/mol. The molecule has 0 aliphatic heterocycles. The smallest absolute Gasteiger partial charge is 0.170 e. The zero-order valence-corrected chi connectivity index (χ0v) is 12.1. The third kappa shape index (κ3) is 3.02. The van der Waals surface area contributed by atoms with Gasteiger partial charge in [-0.15, -0.1) is 0 Å². The highest BCUT2D eigenvalue weighted by molar-refractivity contribution is 5.38. The van der Waals surface area contributed by atoms with Crippen LogP contribution in [0.4, 0.5) is 4.39 Å². The van der Waals surface area contributed by atoms with Gasteiger partial charge in [0.05, 0.1) is 19.4 Å². The number of halogens is 1. The molecule has 0 saturated carbocycles. The Kier molecular flexibility index (Phi) is 4.79. The fourth-order valence-corrected chi connectivity index (χ4v) is 2.22. The van der Waals surface area contributed by atoms with E-state index in [0.29, 0.717) is 5.56 Å². The van der Waals surface area contributed by atoms with Gasteiger partial charge < -0.3 is 14.5 Å². The molecule has 1 aromatic carbocycles. The van der Waals surface area contributed by atoms with Crippen LogP contribution in [0.1, 0.15) is 36.3 Å². The Morgan fingerprint density at radius 3 is 2.80 bits per heavy atom. The summed E-state index contributed by atoms with van der Waals surface area (Å²) >= 11 is 0. The van der Waals surface area contributed by atoms with Gasteiger partial charge in [0, 0.05) is 11.1 Å². The summed E-state index contributed by atoms with van der Waals surface area (Å²) < 4.78 is 24.9. The summed E-state index contributed by atoms with van der Waals surface area (Å²) in [7, 11) is 1.47. The maximum atomic E-state index is 14.4. The van der Waals surface area contributed by atoms with Crippen LogP contribution in [0.2, 0.25) is 0 Å². The van der Waals surface area contributed by atoms with E-state index in [-0.39, 0.29) is 17.6 Å². The van der Waals surface area contributed by atoms with Gasteiger partial charge in [-0.1, -0.05) is 19.1 Å². The predicted molar refractivity (Wildman–Crippen MR) is 76.5 cm³/mol. The minimum absolute atomic E-state index is 0.234. The standard InChI is InChI=1S/C16H20FNO2/c1-4-8-18-16(12-9-11(2)20-10-12)13-6-5-7-14(19-3)15(13)17/h5-7,9-10,16,18H,4,8H2,1-3H3. The van der Waals surface area contributed by atoms with Crippen LogP contribution in [-0.4, -0.2) is 13.7 Å². The lowest BCUT2D eigenvalue weighted by molar-refractivity contribution is 0.381. The van der Waals surface area contributed by atoms with Crippen molar-refractivity contribution in [2.75, 3.05) is 13.7 Å². The summed E-state index contributed by atoms with van der Waals surface area (Å²) in [5, 5.41) is 3.35. The second kappa shape index (κ2) is 6.57. The third-order valence-electron chi connectivity index (χ3n) is 3.21. The summed E-state index contributed by atoms with van der Waals surface area (Å²) in [6.07, 6.45) is 2.64. The molecule has 1 heterocycles. The number of aryl methyl sites for hydroxylation is 1. The van der Waals surface area contributed by atoms with Crippen molar-refractivity contribution in [3.8, 4) is 5.75 Å². The molecule has 3 nitrogen and oxygen atoms in total. The Morgan fingerprint density at radius 1 is 1.40 bits per heavy atom. The molecule has 4 heteroatoms. The maximum Gasteiger partial charge on any atom is 0.170 e. The lowest BCUT2D eigenvalue weighted by Crippen LogP contribution is -2.23. The second-order valence-electron chi connectivity index (χ2n) is 4.74. The first-order chi connectivity index (χ1) is 9.67. The van der Waals surface area contributed by atoms with Crippen molar-refractivity contribution < 1.29 is 13.5 Å². The van der Waals surface area contributed by atoms with E-state index >= 15 is 0 Å². The van der Waals surface area contributed by atoms with Crippen LogP contribution in [0.25, 0.3) is 0 Å². The fourth-order valence-electron chi connectivity index (χ4n) is 2.22. The van der Waals surface area contributed by atoms with Crippen molar-refractivity contribution in [1.29, 1.82) is 0 Å². The fraction of sp³-hybridized carbons (Fsp3) is 0.375. The first kappa shape index (κ1) is 14.6. The molecule has 0 saturated heterocycles. The third-order valence-corrected chi connectivity index (χ3v) is 3.21. The topological polar surface area (TPSA) is 34.4 Å². The van der Waals surface area contributed by atoms with Crippen molar-refractivity contribution >= 4 is 0 Å². The summed E-state index contributed by atoms with van der Waals surface area (Å²) in [5.74, 6) is 0.736. The van der Waals surface area contributed by atoms with Crippen LogP contribution < -0.4 is 10.1 Å². The zero-order valence-electron chi connectivity index (χ0n) is 12.1. The van der Waals surface area contributed by atoms with Crippen LogP contribution in [-0.2, 0) is 0 Å². The van der Waals surface area contributed by atoms with Crippen molar-refractivity contribution in [3.63, 3.8) is 0 Å². The molecule has 1 aromatic heterocycles. The van der Waals surface area contributed by atoms with Gasteiger partial charge in [0.15, 0.2) is 11.6 Å². The number of benzene rings is 1. The molecule has 20 heavy (non-hydrogen) atoms. The quantitative estimate of drug-likeness (QED) is 0.871. The number of hydrogen-bond acceptors (Lipinski definition) is 3. The summed E-state index contributed by atoms with van der Waals surface area (Å²) in [6.45, 7) is 4.75. The molecule has 0 fully saturated rings. The molecule has 2 rings (SSSR count). The lowest BCUT2D eigenvalue weighted by atomic mass is 9.99. The van der Waals surface area contributed by atoms with Gasteiger partial charge in [-0.25, -0.2) is 4.39 Å². The average Bonchev–Trinajstić information content (AvgIpc) is 2.87. The predicted octanol–water partition coefficient (Wildman–Crippen LogP) is 3.82. The minimum atomic E-state index is -0.331. The first-order valence-electron chi connectivity index (χ1n) is 6.78. The molecular formula is C16H20FNO2.